The molecule has 1 aliphatic heterocycles. The fourth-order valence-electron chi connectivity index (χ4n) is 2.67. The minimum atomic E-state index is -0.259. The molecular weight excluding hydrogens is 270 g/mol. The fraction of sp³-hybridized carbons (Fsp3) is 0.667. The first-order chi connectivity index (χ1) is 9.53. The Hall–Kier alpha value is -0.910. The average molecular weight is 295 g/mol. The predicted molar refractivity (Wildman–Crippen MR) is 84.0 cm³/mol. The maximum atomic E-state index is 12.5. The zero-order chi connectivity index (χ0) is 14.6. The van der Waals surface area contributed by atoms with Crippen molar-refractivity contribution in [3.8, 4) is 0 Å². The van der Waals surface area contributed by atoms with Gasteiger partial charge in [-0.15, -0.1) is 11.3 Å². The largest absolute Gasteiger partial charge is 0.354 e. The summed E-state index contributed by atoms with van der Waals surface area (Å²) in [6.45, 7) is 4.54. The van der Waals surface area contributed by atoms with Crippen LogP contribution < -0.4 is 10.6 Å². The van der Waals surface area contributed by atoms with Gasteiger partial charge in [-0.2, -0.15) is 0 Å². The van der Waals surface area contributed by atoms with Crippen LogP contribution in [0.25, 0.3) is 0 Å². The molecule has 20 heavy (non-hydrogen) atoms. The number of rotatable bonds is 5. The van der Waals surface area contributed by atoms with Gasteiger partial charge in [0.05, 0.1) is 11.5 Å². The molecule has 1 saturated heterocycles. The van der Waals surface area contributed by atoms with E-state index in [0.29, 0.717) is 6.54 Å². The third kappa shape index (κ3) is 3.59. The molecule has 2 atom stereocenters. The minimum Gasteiger partial charge on any atom is -0.354 e. The van der Waals surface area contributed by atoms with Gasteiger partial charge in [-0.3, -0.25) is 4.79 Å². The third-order valence-electron chi connectivity index (χ3n) is 4.10. The van der Waals surface area contributed by atoms with Gasteiger partial charge in [-0.05, 0) is 51.9 Å². The highest BCUT2D eigenvalue weighted by Crippen LogP contribution is 2.27. The van der Waals surface area contributed by atoms with Crippen molar-refractivity contribution in [1.82, 2.24) is 15.5 Å². The molecule has 1 amide bonds. The van der Waals surface area contributed by atoms with Crippen molar-refractivity contribution in [1.29, 1.82) is 0 Å². The van der Waals surface area contributed by atoms with Crippen molar-refractivity contribution in [3.05, 3.63) is 22.4 Å². The molecule has 0 spiro atoms. The zero-order valence-electron chi connectivity index (χ0n) is 12.6. The molecule has 2 heterocycles. The standard InChI is InChI=1S/C15H25N3OS/c1-15(7-5-8-16-11-15)14(19)17-10-12(18(2)3)13-6-4-9-20-13/h4,6,9,12,16H,5,7-8,10-11H2,1-3H3,(H,17,19). The number of likely N-dealkylation sites (N-methyl/N-ethyl adjacent to an activating group) is 1. The van der Waals surface area contributed by atoms with Crippen LogP contribution in [0.15, 0.2) is 17.5 Å². The Morgan fingerprint density at radius 1 is 1.60 bits per heavy atom. The molecule has 0 bridgehead atoms. The number of hydrogen-bond acceptors (Lipinski definition) is 4. The summed E-state index contributed by atoms with van der Waals surface area (Å²) in [6, 6.07) is 4.44. The van der Waals surface area contributed by atoms with Crippen LogP contribution in [0, 0.1) is 5.41 Å². The Morgan fingerprint density at radius 2 is 2.40 bits per heavy atom. The Kier molecular flexibility index (Phi) is 5.18. The smallest absolute Gasteiger partial charge is 0.227 e. The molecular formula is C15H25N3OS. The molecule has 112 valence electrons. The van der Waals surface area contributed by atoms with Crippen LogP contribution in [-0.2, 0) is 4.79 Å². The molecule has 2 unspecified atom stereocenters. The summed E-state index contributed by atoms with van der Waals surface area (Å²) in [7, 11) is 4.11. The van der Waals surface area contributed by atoms with Crippen molar-refractivity contribution in [2.24, 2.45) is 5.41 Å². The Balaban J connectivity index is 1.94. The van der Waals surface area contributed by atoms with Gasteiger partial charge in [0.1, 0.15) is 0 Å². The molecule has 1 aromatic heterocycles. The molecule has 5 heteroatoms. The second-order valence-corrected chi connectivity index (χ2v) is 7.03. The number of thiophene rings is 1. The van der Waals surface area contributed by atoms with Crippen molar-refractivity contribution < 1.29 is 4.79 Å². The monoisotopic (exact) mass is 295 g/mol. The van der Waals surface area contributed by atoms with E-state index in [9.17, 15) is 4.79 Å². The van der Waals surface area contributed by atoms with E-state index >= 15 is 0 Å². The first-order valence-electron chi connectivity index (χ1n) is 7.22. The summed E-state index contributed by atoms with van der Waals surface area (Å²) in [5.41, 5.74) is -0.259. The lowest BCUT2D eigenvalue weighted by Gasteiger charge is -2.33. The average Bonchev–Trinajstić information content (AvgIpc) is 2.93. The number of nitrogens with zero attached hydrogens (tertiary/aromatic N) is 1. The van der Waals surface area contributed by atoms with Gasteiger partial charge in [0.25, 0.3) is 0 Å². The van der Waals surface area contributed by atoms with Crippen molar-refractivity contribution >= 4 is 17.2 Å². The van der Waals surface area contributed by atoms with E-state index in [4.69, 9.17) is 0 Å². The first-order valence-corrected chi connectivity index (χ1v) is 8.10. The number of nitrogens with one attached hydrogen (secondary N) is 2. The highest BCUT2D eigenvalue weighted by molar-refractivity contribution is 7.10. The quantitative estimate of drug-likeness (QED) is 0.871. The topological polar surface area (TPSA) is 44.4 Å². The van der Waals surface area contributed by atoms with Crippen LogP contribution in [0.4, 0.5) is 0 Å². The van der Waals surface area contributed by atoms with Crippen LogP contribution >= 0.6 is 11.3 Å². The SMILES string of the molecule is CN(C)C(CNC(=O)C1(C)CCCNC1)c1cccs1. The molecule has 2 rings (SSSR count). The molecule has 0 aromatic carbocycles. The van der Waals surface area contributed by atoms with Crippen LogP contribution in [0.1, 0.15) is 30.7 Å². The van der Waals surface area contributed by atoms with Crippen molar-refractivity contribution in [2.45, 2.75) is 25.8 Å². The van der Waals surface area contributed by atoms with Gasteiger partial charge in [0.2, 0.25) is 5.91 Å². The second-order valence-electron chi connectivity index (χ2n) is 6.05. The van der Waals surface area contributed by atoms with Gasteiger partial charge in [-0.25, -0.2) is 0 Å². The Labute approximate surface area is 125 Å². The lowest BCUT2D eigenvalue weighted by Crippen LogP contribution is -2.49. The zero-order valence-corrected chi connectivity index (χ0v) is 13.4. The molecule has 0 saturated carbocycles. The highest BCUT2D eigenvalue weighted by atomic mass is 32.1. The van der Waals surface area contributed by atoms with Crippen LogP contribution in [-0.4, -0.2) is 44.5 Å². The van der Waals surface area contributed by atoms with Gasteiger partial charge in [-0.1, -0.05) is 6.07 Å². The molecule has 2 N–H and O–H groups in total. The van der Waals surface area contributed by atoms with Gasteiger partial charge < -0.3 is 15.5 Å². The molecule has 0 radical (unpaired) electrons. The Bertz CT molecular complexity index is 424. The molecule has 1 aromatic rings. The summed E-state index contributed by atoms with van der Waals surface area (Å²) >= 11 is 1.74. The Morgan fingerprint density at radius 3 is 2.95 bits per heavy atom. The lowest BCUT2D eigenvalue weighted by atomic mass is 9.82. The lowest BCUT2D eigenvalue weighted by molar-refractivity contribution is -0.131. The van der Waals surface area contributed by atoms with E-state index in [2.05, 4.69) is 54.1 Å². The molecule has 4 nitrogen and oxygen atoms in total. The number of hydrogen-bond donors (Lipinski definition) is 2. The minimum absolute atomic E-state index is 0.174. The summed E-state index contributed by atoms with van der Waals surface area (Å²) in [4.78, 5) is 15.9. The van der Waals surface area contributed by atoms with Crippen molar-refractivity contribution in [3.63, 3.8) is 0 Å². The fourth-order valence-corrected chi connectivity index (χ4v) is 3.59. The summed E-state index contributed by atoms with van der Waals surface area (Å²) in [5, 5.41) is 8.56. The predicted octanol–water partition coefficient (Wildman–Crippen LogP) is 1.86. The molecule has 0 aliphatic carbocycles. The summed E-state index contributed by atoms with van der Waals surface area (Å²) in [5.74, 6) is 0.174. The van der Waals surface area contributed by atoms with Crippen LogP contribution in [0.5, 0.6) is 0 Å². The maximum Gasteiger partial charge on any atom is 0.227 e. The number of amides is 1. The highest BCUT2D eigenvalue weighted by Gasteiger charge is 2.34. The van der Waals surface area contributed by atoms with E-state index in [1.54, 1.807) is 11.3 Å². The molecule has 1 fully saturated rings. The number of carbonyl (C=O) groups is 1. The summed E-state index contributed by atoms with van der Waals surface area (Å²) in [6.07, 6.45) is 2.05. The van der Waals surface area contributed by atoms with Crippen LogP contribution in [0.3, 0.4) is 0 Å². The van der Waals surface area contributed by atoms with E-state index in [-0.39, 0.29) is 17.4 Å². The van der Waals surface area contributed by atoms with Crippen molar-refractivity contribution in [2.75, 3.05) is 33.7 Å². The normalized spacial score (nSPS) is 24.6. The van der Waals surface area contributed by atoms with Gasteiger partial charge in [0, 0.05) is 18.0 Å². The third-order valence-corrected chi connectivity index (χ3v) is 5.07. The maximum absolute atomic E-state index is 12.5. The van der Waals surface area contributed by atoms with Crippen LogP contribution in [0.2, 0.25) is 0 Å². The second kappa shape index (κ2) is 6.70. The number of carbonyl (C=O) groups excluding carboxylic acids is 1. The number of piperidine rings is 1. The van der Waals surface area contributed by atoms with E-state index in [1.807, 2.05) is 0 Å². The van der Waals surface area contributed by atoms with E-state index in [1.165, 1.54) is 4.88 Å². The van der Waals surface area contributed by atoms with Gasteiger partial charge >= 0.3 is 0 Å². The first kappa shape index (κ1) is 15.5. The summed E-state index contributed by atoms with van der Waals surface area (Å²) < 4.78 is 0. The van der Waals surface area contributed by atoms with E-state index < -0.39 is 0 Å². The van der Waals surface area contributed by atoms with E-state index in [0.717, 1.165) is 25.9 Å². The van der Waals surface area contributed by atoms with Gasteiger partial charge in [0.15, 0.2) is 0 Å². The molecule has 1 aliphatic rings.